The monoisotopic (exact) mass is 235 g/mol. The first-order valence-electron chi connectivity index (χ1n) is 6.06. The molecule has 1 aromatic rings. The molecule has 0 aromatic heterocycles. The molecule has 1 aliphatic rings. The van der Waals surface area contributed by atoms with E-state index in [1.54, 1.807) is 0 Å². The minimum atomic E-state index is 0.545. The van der Waals surface area contributed by atoms with E-state index >= 15 is 0 Å². The third kappa shape index (κ3) is 2.80. The molecule has 0 saturated heterocycles. The average molecular weight is 235 g/mol. The standard InChI is InChI=1S/C14H21NS/c1-12-5-3-6-13(9-12)10-15-11-14(16-2)7-4-8-14/h3,5-6,9,15H,4,7-8,10-11H2,1-2H3. The molecule has 0 bridgehead atoms. The molecule has 0 amide bonds. The van der Waals surface area contributed by atoms with Crippen LogP contribution in [-0.2, 0) is 6.54 Å². The number of rotatable bonds is 5. The lowest BCUT2D eigenvalue weighted by Gasteiger charge is -2.40. The number of hydrogen-bond acceptors (Lipinski definition) is 2. The second kappa shape index (κ2) is 5.24. The molecular formula is C14H21NS. The van der Waals surface area contributed by atoms with Crippen LogP contribution in [0.3, 0.4) is 0 Å². The Morgan fingerprint density at radius 1 is 1.38 bits per heavy atom. The van der Waals surface area contributed by atoms with Gasteiger partial charge in [0.25, 0.3) is 0 Å². The Labute approximate surface area is 103 Å². The van der Waals surface area contributed by atoms with E-state index in [0.29, 0.717) is 4.75 Å². The third-order valence-corrected chi connectivity index (χ3v) is 4.98. The Morgan fingerprint density at radius 3 is 2.75 bits per heavy atom. The topological polar surface area (TPSA) is 12.0 Å². The van der Waals surface area contributed by atoms with E-state index in [1.165, 1.54) is 30.4 Å². The Balaban J connectivity index is 1.79. The lowest BCUT2D eigenvalue weighted by molar-refractivity contribution is 0.345. The van der Waals surface area contributed by atoms with Crippen molar-refractivity contribution in [2.75, 3.05) is 12.8 Å². The van der Waals surface area contributed by atoms with Gasteiger partial charge in [0.05, 0.1) is 0 Å². The molecule has 0 unspecified atom stereocenters. The molecule has 1 aromatic carbocycles. The summed E-state index contributed by atoms with van der Waals surface area (Å²) in [5.41, 5.74) is 2.75. The summed E-state index contributed by atoms with van der Waals surface area (Å²) in [6, 6.07) is 8.75. The van der Waals surface area contributed by atoms with Crippen LogP contribution >= 0.6 is 11.8 Å². The maximum atomic E-state index is 3.60. The molecule has 16 heavy (non-hydrogen) atoms. The van der Waals surface area contributed by atoms with Crippen LogP contribution in [0.25, 0.3) is 0 Å². The summed E-state index contributed by atoms with van der Waals surface area (Å²) in [6.07, 6.45) is 6.42. The van der Waals surface area contributed by atoms with E-state index in [0.717, 1.165) is 13.1 Å². The molecule has 1 nitrogen and oxygen atoms in total. The van der Waals surface area contributed by atoms with Crippen molar-refractivity contribution >= 4 is 11.8 Å². The fourth-order valence-electron chi connectivity index (χ4n) is 2.28. The van der Waals surface area contributed by atoms with Gasteiger partial charge in [-0.3, -0.25) is 0 Å². The SMILES string of the molecule is CSC1(CNCc2cccc(C)c2)CCC1. The van der Waals surface area contributed by atoms with Gasteiger partial charge in [-0.2, -0.15) is 11.8 Å². The highest BCUT2D eigenvalue weighted by molar-refractivity contribution is 8.00. The van der Waals surface area contributed by atoms with E-state index in [9.17, 15) is 0 Å². The quantitative estimate of drug-likeness (QED) is 0.840. The highest BCUT2D eigenvalue weighted by Crippen LogP contribution is 2.42. The van der Waals surface area contributed by atoms with Gasteiger partial charge in [-0.25, -0.2) is 0 Å². The van der Waals surface area contributed by atoms with Gasteiger partial charge in [0.1, 0.15) is 0 Å². The van der Waals surface area contributed by atoms with Crippen molar-refractivity contribution in [3.63, 3.8) is 0 Å². The van der Waals surface area contributed by atoms with Crippen LogP contribution in [0.4, 0.5) is 0 Å². The summed E-state index contributed by atoms with van der Waals surface area (Å²) < 4.78 is 0.545. The van der Waals surface area contributed by atoms with Gasteiger partial charge in [-0.1, -0.05) is 36.2 Å². The minimum absolute atomic E-state index is 0.545. The molecule has 0 aliphatic heterocycles. The second-order valence-corrected chi connectivity index (χ2v) is 6.11. The van der Waals surface area contributed by atoms with E-state index in [-0.39, 0.29) is 0 Å². The van der Waals surface area contributed by atoms with Gasteiger partial charge in [-0.05, 0) is 31.6 Å². The van der Waals surface area contributed by atoms with E-state index < -0.39 is 0 Å². The van der Waals surface area contributed by atoms with Crippen molar-refractivity contribution in [1.29, 1.82) is 0 Å². The van der Waals surface area contributed by atoms with Crippen LogP contribution in [0.2, 0.25) is 0 Å². The molecule has 1 fully saturated rings. The molecule has 0 atom stereocenters. The minimum Gasteiger partial charge on any atom is -0.311 e. The van der Waals surface area contributed by atoms with Gasteiger partial charge in [0, 0.05) is 17.8 Å². The van der Waals surface area contributed by atoms with Crippen molar-refractivity contribution in [2.45, 2.75) is 37.5 Å². The number of nitrogens with one attached hydrogen (secondary N) is 1. The molecule has 1 saturated carbocycles. The van der Waals surface area contributed by atoms with Crippen molar-refractivity contribution in [3.05, 3.63) is 35.4 Å². The van der Waals surface area contributed by atoms with Crippen LogP contribution < -0.4 is 5.32 Å². The van der Waals surface area contributed by atoms with Gasteiger partial charge >= 0.3 is 0 Å². The van der Waals surface area contributed by atoms with Crippen LogP contribution in [-0.4, -0.2) is 17.5 Å². The molecule has 2 heteroatoms. The van der Waals surface area contributed by atoms with Crippen LogP contribution in [0.1, 0.15) is 30.4 Å². The molecule has 0 heterocycles. The number of benzene rings is 1. The number of thioether (sulfide) groups is 1. The van der Waals surface area contributed by atoms with Crippen LogP contribution in [0.15, 0.2) is 24.3 Å². The van der Waals surface area contributed by atoms with Crippen LogP contribution in [0, 0.1) is 6.92 Å². The van der Waals surface area contributed by atoms with E-state index in [4.69, 9.17) is 0 Å². The molecule has 88 valence electrons. The predicted octanol–water partition coefficient (Wildman–Crippen LogP) is 3.37. The summed E-state index contributed by atoms with van der Waals surface area (Å²) in [6.45, 7) is 4.31. The third-order valence-electron chi connectivity index (χ3n) is 3.56. The number of hydrogen-bond donors (Lipinski definition) is 1. The summed E-state index contributed by atoms with van der Waals surface area (Å²) in [7, 11) is 0. The normalized spacial score (nSPS) is 18.1. The zero-order valence-corrected chi connectivity index (χ0v) is 11.1. The van der Waals surface area contributed by atoms with Crippen molar-refractivity contribution < 1.29 is 0 Å². The van der Waals surface area contributed by atoms with Gasteiger partial charge in [0.2, 0.25) is 0 Å². The molecule has 1 aliphatic carbocycles. The maximum absolute atomic E-state index is 3.60. The maximum Gasteiger partial charge on any atom is 0.0281 e. The number of aryl methyl sites for hydroxylation is 1. The van der Waals surface area contributed by atoms with E-state index in [2.05, 4.69) is 42.8 Å². The summed E-state index contributed by atoms with van der Waals surface area (Å²) in [4.78, 5) is 0. The van der Waals surface area contributed by atoms with Crippen molar-refractivity contribution in [3.8, 4) is 0 Å². The van der Waals surface area contributed by atoms with Crippen molar-refractivity contribution in [2.24, 2.45) is 0 Å². The molecule has 0 spiro atoms. The lowest BCUT2D eigenvalue weighted by atomic mass is 9.84. The Hall–Kier alpha value is -0.470. The zero-order valence-electron chi connectivity index (χ0n) is 10.3. The first kappa shape index (κ1) is 12.0. The molecule has 0 radical (unpaired) electrons. The first-order chi connectivity index (χ1) is 7.74. The smallest absolute Gasteiger partial charge is 0.0281 e. The Bertz CT molecular complexity index is 339. The van der Waals surface area contributed by atoms with Crippen LogP contribution in [0.5, 0.6) is 0 Å². The zero-order chi connectivity index (χ0) is 11.4. The fourth-order valence-corrected chi connectivity index (χ4v) is 3.22. The highest BCUT2D eigenvalue weighted by Gasteiger charge is 2.35. The second-order valence-electron chi connectivity index (χ2n) is 4.83. The van der Waals surface area contributed by atoms with Crippen molar-refractivity contribution in [1.82, 2.24) is 5.32 Å². The van der Waals surface area contributed by atoms with Gasteiger partial charge < -0.3 is 5.32 Å². The summed E-state index contributed by atoms with van der Waals surface area (Å²) in [5, 5.41) is 3.60. The van der Waals surface area contributed by atoms with Gasteiger partial charge in [0.15, 0.2) is 0 Å². The Morgan fingerprint density at radius 2 is 2.19 bits per heavy atom. The van der Waals surface area contributed by atoms with Gasteiger partial charge in [-0.15, -0.1) is 0 Å². The summed E-state index contributed by atoms with van der Waals surface area (Å²) in [5.74, 6) is 0. The Kier molecular flexibility index (Phi) is 3.93. The summed E-state index contributed by atoms with van der Waals surface area (Å²) >= 11 is 2.03. The molecule has 2 rings (SSSR count). The largest absolute Gasteiger partial charge is 0.311 e. The average Bonchev–Trinajstić information content (AvgIpc) is 2.22. The molecular weight excluding hydrogens is 214 g/mol. The molecule has 1 N–H and O–H groups in total. The first-order valence-corrected chi connectivity index (χ1v) is 7.28. The lowest BCUT2D eigenvalue weighted by Crippen LogP contribution is -2.43. The fraction of sp³-hybridized carbons (Fsp3) is 0.571. The predicted molar refractivity (Wildman–Crippen MR) is 73.0 cm³/mol. The highest BCUT2D eigenvalue weighted by atomic mass is 32.2. The van der Waals surface area contributed by atoms with E-state index in [1.807, 2.05) is 11.8 Å².